The van der Waals surface area contributed by atoms with Crippen LogP contribution < -0.4 is 9.04 Å². The van der Waals surface area contributed by atoms with Crippen molar-refractivity contribution < 1.29 is 17.9 Å². The molecule has 29 heavy (non-hydrogen) atoms. The summed E-state index contributed by atoms with van der Waals surface area (Å²) in [6.07, 6.45) is 4.39. The highest BCUT2D eigenvalue weighted by Crippen LogP contribution is 2.26. The van der Waals surface area contributed by atoms with Gasteiger partial charge in [-0.15, -0.1) is 0 Å². The number of ether oxygens (including phenoxy) is 1. The van der Waals surface area contributed by atoms with Crippen molar-refractivity contribution in [2.45, 2.75) is 25.8 Å². The molecule has 3 rings (SSSR count). The fraction of sp³-hybridized carbons (Fsp3) is 0.381. The minimum absolute atomic E-state index is 0.0191. The number of amides is 1. The number of rotatable bonds is 7. The van der Waals surface area contributed by atoms with Crippen molar-refractivity contribution in [3.63, 3.8) is 0 Å². The first-order chi connectivity index (χ1) is 13.8. The number of sulfonamides is 1. The Hall–Kier alpha value is -2.25. The molecule has 2 aromatic rings. The molecule has 1 aliphatic rings. The lowest BCUT2D eigenvalue weighted by molar-refractivity contribution is -0.134. The van der Waals surface area contributed by atoms with E-state index in [1.54, 1.807) is 42.5 Å². The van der Waals surface area contributed by atoms with E-state index >= 15 is 0 Å². The van der Waals surface area contributed by atoms with Crippen LogP contribution in [0.1, 0.15) is 24.8 Å². The van der Waals surface area contributed by atoms with Gasteiger partial charge in [0.15, 0.2) is 6.61 Å². The Labute approximate surface area is 177 Å². The molecule has 0 spiro atoms. The van der Waals surface area contributed by atoms with Crippen LogP contribution in [0.15, 0.2) is 48.5 Å². The average Bonchev–Trinajstić information content (AvgIpc) is 2.72. The first-order valence-electron chi connectivity index (χ1n) is 9.56. The third kappa shape index (κ3) is 5.87. The third-order valence-electron chi connectivity index (χ3n) is 4.87. The highest BCUT2D eigenvalue weighted by molar-refractivity contribution is 7.92. The second-order valence-electron chi connectivity index (χ2n) is 7.09. The number of hydrogen-bond donors (Lipinski definition) is 0. The first kappa shape index (κ1) is 21.5. The fourth-order valence-corrected chi connectivity index (χ4v) is 4.34. The lowest BCUT2D eigenvalue weighted by Gasteiger charge is -2.26. The molecule has 0 radical (unpaired) electrons. The molecular weight excluding hydrogens is 412 g/mol. The zero-order valence-electron chi connectivity index (χ0n) is 16.4. The maximum Gasteiger partial charge on any atom is 0.260 e. The lowest BCUT2D eigenvalue weighted by atomic mass is 10.1. The maximum atomic E-state index is 12.3. The molecule has 2 aromatic carbocycles. The Balaban J connectivity index is 1.67. The molecule has 156 valence electrons. The highest BCUT2D eigenvalue weighted by atomic mass is 35.5. The van der Waals surface area contributed by atoms with Gasteiger partial charge in [0, 0.05) is 18.1 Å². The van der Waals surface area contributed by atoms with E-state index in [1.807, 2.05) is 11.0 Å². The normalized spacial score (nSPS) is 14.5. The van der Waals surface area contributed by atoms with E-state index in [0.29, 0.717) is 22.0 Å². The van der Waals surface area contributed by atoms with Crippen LogP contribution >= 0.6 is 11.6 Å². The molecule has 0 aliphatic carbocycles. The van der Waals surface area contributed by atoms with E-state index in [-0.39, 0.29) is 19.1 Å². The van der Waals surface area contributed by atoms with Crippen LogP contribution in [0, 0.1) is 0 Å². The van der Waals surface area contributed by atoms with Gasteiger partial charge >= 0.3 is 0 Å². The number of carbonyl (C=O) groups is 1. The van der Waals surface area contributed by atoms with Crippen molar-refractivity contribution in [3.05, 3.63) is 59.1 Å². The van der Waals surface area contributed by atoms with Crippen molar-refractivity contribution in [1.82, 2.24) is 4.90 Å². The molecule has 0 atom stereocenters. The molecule has 0 bridgehead atoms. The molecule has 0 saturated carbocycles. The lowest BCUT2D eigenvalue weighted by Crippen LogP contribution is -2.38. The number of halogens is 1. The molecule has 1 amide bonds. The van der Waals surface area contributed by atoms with Gasteiger partial charge in [0.05, 0.1) is 18.5 Å². The Morgan fingerprint density at radius 1 is 1.07 bits per heavy atom. The van der Waals surface area contributed by atoms with Crippen LogP contribution in [0.5, 0.6) is 5.75 Å². The van der Waals surface area contributed by atoms with Crippen molar-refractivity contribution >= 4 is 33.2 Å². The first-order valence-corrected chi connectivity index (χ1v) is 11.8. The molecular formula is C21H25ClN2O4S. The van der Waals surface area contributed by atoms with Gasteiger partial charge in [0.1, 0.15) is 5.75 Å². The number of likely N-dealkylation sites (tertiary alicyclic amines) is 1. The zero-order chi connectivity index (χ0) is 20.9. The largest absolute Gasteiger partial charge is 0.484 e. The Morgan fingerprint density at radius 3 is 2.34 bits per heavy atom. The van der Waals surface area contributed by atoms with E-state index in [0.717, 1.165) is 38.6 Å². The summed E-state index contributed by atoms with van der Waals surface area (Å²) in [6, 6.07) is 13.8. The number of nitrogens with zero attached hydrogens (tertiary/aromatic N) is 2. The van der Waals surface area contributed by atoms with E-state index in [9.17, 15) is 13.2 Å². The number of carbonyl (C=O) groups excluding carboxylic acids is 1. The second kappa shape index (κ2) is 9.50. The topological polar surface area (TPSA) is 66.9 Å². The zero-order valence-corrected chi connectivity index (χ0v) is 18.0. The Morgan fingerprint density at radius 2 is 1.72 bits per heavy atom. The van der Waals surface area contributed by atoms with Crippen molar-refractivity contribution in [3.8, 4) is 5.75 Å². The number of benzene rings is 2. The summed E-state index contributed by atoms with van der Waals surface area (Å²) in [6.45, 7) is 1.68. The SMILES string of the molecule is CS(=O)(=O)N(Cc1ccccc1Cl)c1ccc(OCC(=O)N2CCCCC2)cc1. The van der Waals surface area contributed by atoms with Crippen LogP contribution in [-0.4, -0.2) is 45.2 Å². The second-order valence-corrected chi connectivity index (χ2v) is 9.40. The summed E-state index contributed by atoms with van der Waals surface area (Å²) in [5.74, 6) is 0.496. The van der Waals surface area contributed by atoms with E-state index in [4.69, 9.17) is 16.3 Å². The molecule has 8 heteroatoms. The van der Waals surface area contributed by atoms with Crippen molar-refractivity contribution in [2.75, 3.05) is 30.3 Å². The third-order valence-corrected chi connectivity index (χ3v) is 6.38. The standard InChI is InChI=1S/C21H25ClN2O4S/c1-29(26,27)24(15-17-7-3-4-8-20(17)22)18-9-11-19(12-10-18)28-16-21(25)23-13-5-2-6-14-23/h3-4,7-12H,2,5-6,13-16H2,1H3. The van der Waals surface area contributed by atoms with Gasteiger partial charge < -0.3 is 9.64 Å². The van der Waals surface area contributed by atoms with Gasteiger partial charge in [-0.05, 0) is 55.2 Å². The van der Waals surface area contributed by atoms with Crippen LogP contribution in [0.25, 0.3) is 0 Å². The van der Waals surface area contributed by atoms with Crippen LogP contribution in [0.4, 0.5) is 5.69 Å². The monoisotopic (exact) mass is 436 g/mol. The summed E-state index contributed by atoms with van der Waals surface area (Å²) >= 11 is 6.19. The molecule has 1 fully saturated rings. The summed E-state index contributed by atoms with van der Waals surface area (Å²) in [5, 5.41) is 0.511. The van der Waals surface area contributed by atoms with Crippen molar-refractivity contribution in [2.24, 2.45) is 0 Å². The molecule has 1 heterocycles. The fourth-order valence-electron chi connectivity index (χ4n) is 3.27. The van der Waals surface area contributed by atoms with Gasteiger partial charge in [0.2, 0.25) is 10.0 Å². The molecule has 0 N–H and O–H groups in total. The van der Waals surface area contributed by atoms with Gasteiger partial charge in [-0.3, -0.25) is 9.10 Å². The Bertz CT molecular complexity index is 941. The molecule has 0 unspecified atom stereocenters. The maximum absolute atomic E-state index is 12.3. The number of piperidine rings is 1. The molecule has 6 nitrogen and oxygen atoms in total. The predicted molar refractivity (Wildman–Crippen MR) is 115 cm³/mol. The average molecular weight is 437 g/mol. The van der Waals surface area contributed by atoms with Crippen LogP contribution in [-0.2, 0) is 21.4 Å². The molecule has 1 aliphatic heterocycles. The minimum atomic E-state index is -3.51. The van der Waals surface area contributed by atoms with Gasteiger partial charge in [-0.1, -0.05) is 29.8 Å². The Kier molecular flexibility index (Phi) is 7.03. The van der Waals surface area contributed by atoms with E-state index < -0.39 is 10.0 Å². The molecule has 0 aromatic heterocycles. The highest BCUT2D eigenvalue weighted by Gasteiger charge is 2.20. The molecule has 1 saturated heterocycles. The van der Waals surface area contributed by atoms with Gasteiger partial charge in [0.25, 0.3) is 5.91 Å². The quantitative estimate of drug-likeness (QED) is 0.663. The van der Waals surface area contributed by atoms with Gasteiger partial charge in [-0.25, -0.2) is 8.42 Å². The minimum Gasteiger partial charge on any atom is -0.484 e. The van der Waals surface area contributed by atoms with E-state index in [2.05, 4.69) is 0 Å². The van der Waals surface area contributed by atoms with Crippen molar-refractivity contribution in [1.29, 1.82) is 0 Å². The van der Waals surface area contributed by atoms with Crippen LogP contribution in [0.2, 0.25) is 5.02 Å². The van der Waals surface area contributed by atoms with Crippen LogP contribution in [0.3, 0.4) is 0 Å². The van der Waals surface area contributed by atoms with E-state index in [1.165, 1.54) is 4.31 Å². The number of anilines is 1. The predicted octanol–water partition coefficient (Wildman–Crippen LogP) is 3.70. The van der Waals surface area contributed by atoms with Gasteiger partial charge in [-0.2, -0.15) is 0 Å². The summed E-state index contributed by atoms with van der Waals surface area (Å²) < 4.78 is 31.5. The smallest absolute Gasteiger partial charge is 0.260 e. The summed E-state index contributed by atoms with van der Waals surface area (Å²) in [7, 11) is -3.51. The number of hydrogen-bond acceptors (Lipinski definition) is 4. The summed E-state index contributed by atoms with van der Waals surface area (Å²) in [5.41, 5.74) is 1.22. The summed E-state index contributed by atoms with van der Waals surface area (Å²) in [4.78, 5) is 14.0.